The lowest BCUT2D eigenvalue weighted by Gasteiger charge is -2.16. The van der Waals surface area contributed by atoms with Crippen molar-refractivity contribution in [1.82, 2.24) is 15.5 Å². The Labute approximate surface area is 116 Å². The average molecular weight is 285 g/mol. The zero-order valence-electron chi connectivity index (χ0n) is 11.7. The lowest BCUT2D eigenvalue weighted by atomic mass is 10.1. The van der Waals surface area contributed by atoms with Crippen molar-refractivity contribution in [2.75, 3.05) is 6.54 Å². The number of nitrogens with zero attached hydrogens (tertiary/aromatic N) is 1. The van der Waals surface area contributed by atoms with Crippen LogP contribution in [0.25, 0.3) is 0 Å². The first-order valence-corrected chi connectivity index (χ1v) is 6.35. The second-order valence-electron chi connectivity index (χ2n) is 5.13. The van der Waals surface area contributed by atoms with Crippen LogP contribution in [0.4, 0.5) is 4.79 Å². The number of carboxylic acid groups (broad SMARTS) is 1. The fourth-order valence-corrected chi connectivity index (χ4v) is 1.84. The maximum atomic E-state index is 11.9. The number of hydrogen-bond donors (Lipinski definition) is 3. The first-order chi connectivity index (χ1) is 9.19. The van der Waals surface area contributed by atoms with Gasteiger partial charge in [0.2, 0.25) is 5.91 Å². The van der Waals surface area contributed by atoms with E-state index in [1.807, 2.05) is 0 Å². The lowest BCUT2D eigenvalue weighted by molar-refractivity contribution is -0.142. The molecule has 0 aromatic carbocycles. The minimum absolute atomic E-state index is 0.0734. The van der Waals surface area contributed by atoms with E-state index in [-0.39, 0.29) is 19.4 Å². The number of rotatable bonds is 6. The van der Waals surface area contributed by atoms with E-state index in [2.05, 4.69) is 10.6 Å². The number of urea groups is 1. The van der Waals surface area contributed by atoms with E-state index < -0.39 is 35.4 Å². The van der Waals surface area contributed by atoms with Gasteiger partial charge in [-0.3, -0.25) is 14.5 Å². The molecule has 0 aliphatic carbocycles. The number of amides is 4. The van der Waals surface area contributed by atoms with Crippen molar-refractivity contribution in [3.8, 4) is 0 Å². The van der Waals surface area contributed by atoms with Crippen LogP contribution >= 0.6 is 0 Å². The van der Waals surface area contributed by atoms with Gasteiger partial charge in [0.25, 0.3) is 5.91 Å². The molecular weight excluding hydrogens is 266 g/mol. The molecule has 1 rings (SSSR count). The van der Waals surface area contributed by atoms with E-state index >= 15 is 0 Å². The summed E-state index contributed by atoms with van der Waals surface area (Å²) in [5, 5.41) is 13.6. The molecule has 20 heavy (non-hydrogen) atoms. The fourth-order valence-electron chi connectivity index (χ4n) is 1.84. The van der Waals surface area contributed by atoms with Crippen LogP contribution in [0.15, 0.2) is 0 Å². The molecule has 8 nitrogen and oxygen atoms in total. The SMILES string of the molecule is CC[C@H](NC(=O)CCN1C(=O)NC(C)(C)C1=O)C(=O)O. The summed E-state index contributed by atoms with van der Waals surface area (Å²) in [7, 11) is 0. The Hall–Kier alpha value is -2.12. The molecule has 4 amide bonds. The number of aliphatic carboxylic acids is 1. The number of carboxylic acids is 1. The minimum atomic E-state index is -1.11. The minimum Gasteiger partial charge on any atom is -0.480 e. The molecule has 8 heteroatoms. The van der Waals surface area contributed by atoms with Crippen molar-refractivity contribution in [2.45, 2.75) is 45.2 Å². The van der Waals surface area contributed by atoms with Crippen LogP contribution in [0, 0.1) is 0 Å². The Morgan fingerprint density at radius 1 is 1.40 bits per heavy atom. The topological polar surface area (TPSA) is 116 Å². The van der Waals surface area contributed by atoms with Crippen LogP contribution in [0.3, 0.4) is 0 Å². The average Bonchev–Trinajstić information content (AvgIpc) is 2.53. The van der Waals surface area contributed by atoms with Gasteiger partial charge in [-0.15, -0.1) is 0 Å². The zero-order chi connectivity index (χ0) is 15.5. The van der Waals surface area contributed by atoms with Gasteiger partial charge in [-0.1, -0.05) is 6.92 Å². The second kappa shape index (κ2) is 5.89. The number of imide groups is 1. The maximum absolute atomic E-state index is 11.9. The number of hydrogen-bond acceptors (Lipinski definition) is 4. The summed E-state index contributed by atoms with van der Waals surface area (Å²) in [5.41, 5.74) is -0.972. The molecule has 1 fully saturated rings. The van der Waals surface area contributed by atoms with Crippen molar-refractivity contribution in [3.63, 3.8) is 0 Å². The van der Waals surface area contributed by atoms with Gasteiger partial charge >= 0.3 is 12.0 Å². The molecule has 0 saturated carbocycles. The fraction of sp³-hybridized carbons (Fsp3) is 0.667. The quantitative estimate of drug-likeness (QED) is 0.579. The highest BCUT2D eigenvalue weighted by atomic mass is 16.4. The molecule has 0 unspecified atom stereocenters. The van der Waals surface area contributed by atoms with Crippen LogP contribution in [0.2, 0.25) is 0 Å². The van der Waals surface area contributed by atoms with Crippen LogP contribution in [-0.2, 0) is 14.4 Å². The van der Waals surface area contributed by atoms with E-state index in [0.29, 0.717) is 0 Å². The van der Waals surface area contributed by atoms with Gasteiger partial charge in [0, 0.05) is 13.0 Å². The number of carbonyl (C=O) groups is 4. The Morgan fingerprint density at radius 3 is 2.40 bits per heavy atom. The molecule has 0 aromatic heterocycles. The Kier molecular flexibility index (Phi) is 4.69. The highest BCUT2D eigenvalue weighted by molar-refractivity contribution is 6.06. The van der Waals surface area contributed by atoms with Crippen molar-refractivity contribution in [3.05, 3.63) is 0 Å². The first-order valence-electron chi connectivity index (χ1n) is 6.35. The van der Waals surface area contributed by atoms with Crippen LogP contribution in [0.1, 0.15) is 33.6 Å². The molecule has 0 bridgehead atoms. The van der Waals surface area contributed by atoms with Crippen molar-refractivity contribution in [1.29, 1.82) is 0 Å². The molecule has 3 N–H and O–H groups in total. The first kappa shape index (κ1) is 15.9. The lowest BCUT2D eigenvalue weighted by Crippen LogP contribution is -2.43. The summed E-state index contributed by atoms with van der Waals surface area (Å²) < 4.78 is 0. The largest absolute Gasteiger partial charge is 0.480 e. The Morgan fingerprint density at radius 2 is 2.00 bits per heavy atom. The summed E-state index contributed by atoms with van der Waals surface area (Å²) in [5.74, 6) is -2.03. The predicted octanol–water partition coefficient (Wildman–Crippen LogP) is -0.314. The molecule has 1 aliphatic heterocycles. The molecule has 1 atom stereocenters. The summed E-state index contributed by atoms with van der Waals surface area (Å²) in [4.78, 5) is 46.8. The van der Waals surface area contributed by atoms with Crippen molar-refractivity contribution in [2.24, 2.45) is 0 Å². The van der Waals surface area contributed by atoms with E-state index in [9.17, 15) is 19.2 Å². The summed E-state index contributed by atoms with van der Waals surface area (Å²) in [6.45, 7) is 4.71. The number of carbonyl (C=O) groups excluding carboxylic acids is 3. The molecule has 1 heterocycles. The molecular formula is C12H19N3O5. The number of nitrogens with one attached hydrogen (secondary N) is 2. The smallest absolute Gasteiger partial charge is 0.326 e. The monoisotopic (exact) mass is 285 g/mol. The third-order valence-corrected chi connectivity index (χ3v) is 3.05. The van der Waals surface area contributed by atoms with Gasteiger partial charge < -0.3 is 15.7 Å². The summed E-state index contributed by atoms with van der Waals surface area (Å²) >= 11 is 0. The second-order valence-corrected chi connectivity index (χ2v) is 5.13. The van der Waals surface area contributed by atoms with Crippen LogP contribution in [-0.4, -0.2) is 51.9 Å². The zero-order valence-corrected chi connectivity index (χ0v) is 11.7. The van der Waals surface area contributed by atoms with E-state index in [1.165, 1.54) is 0 Å². The van der Waals surface area contributed by atoms with Gasteiger partial charge in [-0.05, 0) is 20.3 Å². The predicted molar refractivity (Wildman–Crippen MR) is 68.8 cm³/mol. The standard InChI is InChI=1S/C12H19N3O5/c1-4-7(9(17)18)13-8(16)5-6-15-10(19)12(2,3)14-11(15)20/h7H,4-6H2,1-3H3,(H,13,16)(H,14,20)(H,17,18)/t7-/m0/s1. The van der Waals surface area contributed by atoms with E-state index in [1.54, 1.807) is 20.8 Å². The van der Waals surface area contributed by atoms with Crippen LogP contribution in [0.5, 0.6) is 0 Å². The normalized spacial score (nSPS) is 18.6. The van der Waals surface area contributed by atoms with Crippen molar-refractivity contribution < 1.29 is 24.3 Å². The maximum Gasteiger partial charge on any atom is 0.326 e. The van der Waals surface area contributed by atoms with Gasteiger partial charge in [0.1, 0.15) is 11.6 Å². The van der Waals surface area contributed by atoms with Gasteiger partial charge in [0.05, 0.1) is 0 Å². The van der Waals surface area contributed by atoms with E-state index in [4.69, 9.17) is 5.11 Å². The summed E-state index contributed by atoms with van der Waals surface area (Å²) in [6.07, 6.45) is 0.135. The Bertz CT molecular complexity index is 446. The molecule has 1 aliphatic rings. The van der Waals surface area contributed by atoms with Gasteiger partial charge in [-0.25, -0.2) is 9.59 Å². The molecule has 0 spiro atoms. The third-order valence-electron chi connectivity index (χ3n) is 3.05. The van der Waals surface area contributed by atoms with Gasteiger partial charge in [0.15, 0.2) is 0 Å². The highest BCUT2D eigenvalue weighted by Crippen LogP contribution is 2.16. The Balaban J connectivity index is 2.52. The van der Waals surface area contributed by atoms with Gasteiger partial charge in [-0.2, -0.15) is 0 Å². The molecule has 112 valence electrons. The molecule has 0 aromatic rings. The summed E-state index contributed by atoms with van der Waals surface area (Å²) in [6, 6.07) is -1.50. The highest BCUT2D eigenvalue weighted by Gasteiger charge is 2.44. The van der Waals surface area contributed by atoms with Crippen LogP contribution < -0.4 is 10.6 Å². The third kappa shape index (κ3) is 3.46. The van der Waals surface area contributed by atoms with E-state index in [0.717, 1.165) is 4.90 Å². The molecule has 1 saturated heterocycles. The van der Waals surface area contributed by atoms with Crippen molar-refractivity contribution >= 4 is 23.8 Å². The molecule has 0 radical (unpaired) electrons.